The van der Waals surface area contributed by atoms with Crippen molar-refractivity contribution < 1.29 is 0 Å². The lowest BCUT2D eigenvalue weighted by Gasteiger charge is -2.21. The standard InChI is InChI=1S/C9H13BrN2/c10-9-2-1-8(12-9)7-3-5-11-6-4-7/h1-2,7,11-12H,3-6H2. The molecule has 0 unspecified atom stereocenters. The minimum atomic E-state index is 0.734. The lowest BCUT2D eigenvalue weighted by atomic mass is 9.95. The van der Waals surface area contributed by atoms with Gasteiger partial charge >= 0.3 is 0 Å². The van der Waals surface area contributed by atoms with Gasteiger partial charge in [-0.05, 0) is 54.0 Å². The molecule has 3 heteroatoms. The van der Waals surface area contributed by atoms with E-state index in [4.69, 9.17) is 0 Å². The fourth-order valence-corrected chi connectivity index (χ4v) is 2.12. The Kier molecular flexibility index (Phi) is 2.51. The molecule has 66 valence electrons. The average Bonchev–Trinajstić information content (AvgIpc) is 2.54. The number of piperidine rings is 1. The molecule has 0 aromatic carbocycles. The number of rotatable bonds is 1. The largest absolute Gasteiger partial charge is 0.353 e. The maximum absolute atomic E-state index is 3.43. The summed E-state index contributed by atoms with van der Waals surface area (Å²) in [5.41, 5.74) is 1.38. The maximum Gasteiger partial charge on any atom is 0.0822 e. The second-order valence-electron chi connectivity index (χ2n) is 3.29. The van der Waals surface area contributed by atoms with E-state index in [1.807, 2.05) is 0 Å². The molecule has 2 N–H and O–H groups in total. The van der Waals surface area contributed by atoms with Gasteiger partial charge < -0.3 is 10.3 Å². The van der Waals surface area contributed by atoms with E-state index in [0.29, 0.717) is 0 Å². The number of H-pyrrole nitrogens is 1. The molecule has 2 rings (SSSR count). The Bertz CT molecular complexity index is 251. The van der Waals surface area contributed by atoms with Crippen LogP contribution >= 0.6 is 15.9 Å². The molecule has 0 radical (unpaired) electrons. The summed E-state index contributed by atoms with van der Waals surface area (Å²) in [6.45, 7) is 2.31. The van der Waals surface area contributed by atoms with Crippen LogP contribution in [0.15, 0.2) is 16.7 Å². The van der Waals surface area contributed by atoms with E-state index in [-0.39, 0.29) is 0 Å². The van der Waals surface area contributed by atoms with Crippen LogP contribution in [0.3, 0.4) is 0 Å². The van der Waals surface area contributed by atoms with Crippen molar-refractivity contribution in [2.24, 2.45) is 0 Å². The van der Waals surface area contributed by atoms with Crippen molar-refractivity contribution in [1.29, 1.82) is 0 Å². The highest BCUT2D eigenvalue weighted by Gasteiger charge is 2.15. The highest BCUT2D eigenvalue weighted by atomic mass is 79.9. The molecule has 2 heterocycles. The predicted octanol–water partition coefficient (Wildman–Crippen LogP) is 2.24. The van der Waals surface area contributed by atoms with Crippen LogP contribution in [0.1, 0.15) is 24.5 Å². The van der Waals surface area contributed by atoms with Crippen molar-refractivity contribution in [3.63, 3.8) is 0 Å². The van der Waals surface area contributed by atoms with E-state index in [2.05, 4.69) is 38.4 Å². The molecule has 0 saturated carbocycles. The molecule has 0 amide bonds. The molecule has 0 atom stereocenters. The van der Waals surface area contributed by atoms with E-state index in [9.17, 15) is 0 Å². The summed E-state index contributed by atoms with van der Waals surface area (Å²) in [6.07, 6.45) is 2.51. The van der Waals surface area contributed by atoms with E-state index in [0.717, 1.165) is 23.6 Å². The van der Waals surface area contributed by atoms with Gasteiger partial charge in [-0.3, -0.25) is 0 Å². The summed E-state index contributed by atoms with van der Waals surface area (Å²) in [7, 11) is 0. The number of hydrogen-bond acceptors (Lipinski definition) is 1. The minimum absolute atomic E-state index is 0.734. The van der Waals surface area contributed by atoms with Crippen molar-refractivity contribution in [2.45, 2.75) is 18.8 Å². The van der Waals surface area contributed by atoms with Gasteiger partial charge in [-0.1, -0.05) is 0 Å². The third-order valence-electron chi connectivity index (χ3n) is 2.45. The van der Waals surface area contributed by atoms with E-state index < -0.39 is 0 Å². The third kappa shape index (κ3) is 1.72. The van der Waals surface area contributed by atoms with Gasteiger partial charge in [-0.25, -0.2) is 0 Å². The van der Waals surface area contributed by atoms with Gasteiger partial charge in [0.15, 0.2) is 0 Å². The van der Waals surface area contributed by atoms with Gasteiger partial charge in [-0.15, -0.1) is 0 Å². The first-order valence-electron chi connectivity index (χ1n) is 4.41. The highest BCUT2D eigenvalue weighted by molar-refractivity contribution is 9.10. The highest BCUT2D eigenvalue weighted by Crippen LogP contribution is 2.25. The summed E-state index contributed by atoms with van der Waals surface area (Å²) < 4.78 is 1.09. The summed E-state index contributed by atoms with van der Waals surface area (Å²) in [5.74, 6) is 0.734. The Morgan fingerprint density at radius 1 is 1.25 bits per heavy atom. The smallest absolute Gasteiger partial charge is 0.0822 e. The number of aromatic amines is 1. The molecule has 1 aliphatic rings. The Morgan fingerprint density at radius 3 is 2.58 bits per heavy atom. The number of aromatic nitrogens is 1. The molecule has 0 aliphatic carbocycles. The van der Waals surface area contributed by atoms with Crippen LogP contribution in [0.4, 0.5) is 0 Å². The summed E-state index contributed by atoms with van der Waals surface area (Å²) in [4.78, 5) is 3.33. The SMILES string of the molecule is Brc1ccc(C2CCNCC2)[nH]1. The Labute approximate surface area is 80.9 Å². The third-order valence-corrected chi connectivity index (χ3v) is 2.91. The van der Waals surface area contributed by atoms with E-state index in [1.165, 1.54) is 18.5 Å². The molecule has 1 aliphatic heterocycles. The molecule has 2 nitrogen and oxygen atoms in total. The Hall–Kier alpha value is -0.280. The Balaban J connectivity index is 2.08. The second kappa shape index (κ2) is 3.62. The molecule has 1 fully saturated rings. The Morgan fingerprint density at radius 2 is 2.00 bits per heavy atom. The minimum Gasteiger partial charge on any atom is -0.353 e. The molecule has 1 aromatic rings. The normalized spacial score (nSPS) is 19.8. The van der Waals surface area contributed by atoms with E-state index in [1.54, 1.807) is 0 Å². The van der Waals surface area contributed by atoms with Gasteiger partial charge in [0.25, 0.3) is 0 Å². The fourth-order valence-electron chi connectivity index (χ4n) is 1.76. The van der Waals surface area contributed by atoms with E-state index >= 15 is 0 Å². The first-order valence-corrected chi connectivity index (χ1v) is 5.20. The van der Waals surface area contributed by atoms with Crippen molar-refractivity contribution in [3.8, 4) is 0 Å². The second-order valence-corrected chi connectivity index (χ2v) is 4.14. The van der Waals surface area contributed by atoms with Crippen molar-refractivity contribution >= 4 is 15.9 Å². The number of hydrogen-bond donors (Lipinski definition) is 2. The van der Waals surface area contributed by atoms with Gasteiger partial charge in [-0.2, -0.15) is 0 Å². The van der Waals surface area contributed by atoms with Crippen LogP contribution < -0.4 is 5.32 Å². The van der Waals surface area contributed by atoms with Crippen molar-refractivity contribution in [3.05, 3.63) is 22.4 Å². The van der Waals surface area contributed by atoms with Crippen LogP contribution in [0.2, 0.25) is 0 Å². The molecular formula is C9H13BrN2. The van der Waals surface area contributed by atoms with Gasteiger partial charge in [0.1, 0.15) is 0 Å². The summed E-state index contributed by atoms with van der Waals surface area (Å²) in [5, 5.41) is 3.37. The lowest BCUT2D eigenvalue weighted by molar-refractivity contribution is 0.454. The number of nitrogens with one attached hydrogen (secondary N) is 2. The van der Waals surface area contributed by atoms with Gasteiger partial charge in [0, 0.05) is 11.6 Å². The average molecular weight is 229 g/mol. The fraction of sp³-hybridized carbons (Fsp3) is 0.556. The zero-order valence-electron chi connectivity index (χ0n) is 6.94. The molecule has 0 bridgehead atoms. The van der Waals surface area contributed by atoms with Crippen molar-refractivity contribution in [1.82, 2.24) is 10.3 Å². The van der Waals surface area contributed by atoms with Crippen LogP contribution in [-0.2, 0) is 0 Å². The molecule has 0 spiro atoms. The summed E-state index contributed by atoms with van der Waals surface area (Å²) >= 11 is 3.43. The monoisotopic (exact) mass is 228 g/mol. The van der Waals surface area contributed by atoms with Crippen LogP contribution in [0.25, 0.3) is 0 Å². The van der Waals surface area contributed by atoms with Crippen molar-refractivity contribution in [2.75, 3.05) is 13.1 Å². The quantitative estimate of drug-likeness (QED) is 0.759. The summed E-state index contributed by atoms with van der Waals surface area (Å²) in [6, 6.07) is 4.26. The lowest BCUT2D eigenvalue weighted by Crippen LogP contribution is -2.26. The van der Waals surface area contributed by atoms with Crippen LogP contribution in [-0.4, -0.2) is 18.1 Å². The zero-order valence-corrected chi connectivity index (χ0v) is 8.52. The first-order chi connectivity index (χ1) is 5.86. The molecule has 1 saturated heterocycles. The van der Waals surface area contributed by atoms with Crippen LogP contribution in [0, 0.1) is 0 Å². The molecule has 12 heavy (non-hydrogen) atoms. The topological polar surface area (TPSA) is 27.8 Å². The van der Waals surface area contributed by atoms with Gasteiger partial charge in [0.05, 0.1) is 4.60 Å². The first kappa shape index (κ1) is 8.32. The zero-order chi connectivity index (χ0) is 8.39. The van der Waals surface area contributed by atoms with Crippen LogP contribution in [0.5, 0.6) is 0 Å². The molecular weight excluding hydrogens is 216 g/mol. The molecule has 1 aromatic heterocycles. The number of halogens is 1. The van der Waals surface area contributed by atoms with Gasteiger partial charge in [0.2, 0.25) is 0 Å². The predicted molar refractivity (Wildman–Crippen MR) is 53.3 cm³/mol. The maximum atomic E-state index is 3.43.